The molecule has 0 aliphatic carbocycles. The van der Waals surface area contributed by atoms with Gasteiger partial charge in [-0.15, -0.1) is 0 Å². The van der Waals surface area contributed by atoms with E-state index in [1.807, 2.05) is 0 Å². The van der Waals surface area contributed by atoms with E-state index in [-0.39, 0.29) is 35.8 Å². The second kappa shape index (κ2) is 10.8. The number of anilines is 1. The molecule has 39 heavy (non-hydrogen) atoms. The van der Waals surface area contributed by atoms with Crippen molar-refractivity contribution < 1.29 is 27.9 Å². The lowest BCUT2D eigenvalue weighted by Crippen LogP contribution is -2.17. The van der Waals surface area contributed by atoms with E-state index in [1.54, 1.807) is 20.0 Å². The Morgan fingerprint density at radius 1 is 1.13 bits per heavy atom. The molecule has 9 nitrogen and oxygen atoms in total. The summed E-state index contributed by atoms with van der Waals surface area (Å²) in [6, 6.07) is 7.92. The molecular weight excluding hydrogens is 513 g/mol. The topological polar surface area (TPSA) is 128 Å². The number of aliphatic hydroxyl groups excluding tert-OH is 1. The molecular formula is C27H23F3N6O3. The first-order valence-electron chi connectivity index (χ1n) is 11.6. The molecule has 0 aliphatic rings. The number of aryl methyl sites for hydroxylation is 1. The zero-order valence-corrected chi connectivity index (χ0v) is 20.9. The van der Waals surface area contributed by atoms with Crippen LogP contribution in [0.1, 0.15) is 49.1 Å². The van der Waals surface area contributed by atoms with Gasteiger partial charge in [0.15, 0.2) is 5.82 Å². The number of nitrogens with two attached hydrogens (primary N) is 1. The molecule has 2 heterocycles. The van der Waals surface area contributed by atoms with Gasteiger partial charge in [0.25, 0.3) is 11.8 Å². The van der Waals surface area contributed by atoms with Gasteiger partial charge in [0.2, 0.25) is 0 Å². The Kier molecular flexibility index (Phi) is 7.55. The first-order chi connectivity index (χ1) is 18.5. The highest BCUT2D eigenvalue weighted by Gasteiger charge is 2.31. The highest BCUT2D eigenvalue weighted by atomic mass is 19.4. The minimum absolute atomic E-state index is 0.0462. The Bertz CT molecular complexity index is 1630. The van der Waals surface area contributed by atoms with Gasteiger partial charge >= 0.3 is 6.18 Å². The number of nitrogens with zero attached hydrogens (tertiary/aromatic N) is 4. The van der Waals surface area contributed by atoms with Crippen molar-refractivity contribution in [3.63, 3.8) is 0 Å². The van der Waals surface area contributed by atoms with Crippen molar-refractivity contribution in [2.45, 2.75) is 19.5 Å². The van der Waals surface area contributed by atoms with Crippen LogP contribution in [0, 0.1) is 18.8 Å². The quantitative estimate of drug-likeness (QED) is 0.326. The first-order valence-corrected chi connectivity index (χ1v) is 11.6. The monoisotopic (exact) mass is 536 g/mol. The molecule has 12 heteroatoms. The number of benzene rings is 2. The van der Waals surface area contributed by atoms with Crippen molar-refractivity contribution in [3.05, 3.63) is 94.6 Å². The molecule has 0 atom stereocenters. The maximum absolute atomic E-state index is 13.6. The molecule has 0 spiro atoms. The van der Waals surface area contributed by atoms with Gasteiger partial charge in [-0.2, -0.15) is 13.2 Å². The Morgan fingerprint density at radius 3 is 2.56 bits per heavy atom. The van der Waals surface area contributed by atoms with Crippen molar-refractivity contribution in [1.29, 1.82) is 0 Å². The lowest BCUT2D eigenvalue weighted by Gasteiger charge is -2.14. The predicted octanol–water partition coefficient (Wildman–Crippen LogP) is 3.22. The summed E-state index contributed by atoms with van der Waals surface area (Å²) in [6.45, 7) is 1.64. The van der Waals surface area contributed by atoms with Crippen molar-refractivity contribution >= 4 is 17.5 Å². The summed E-state index contributed by atoms with van der Waals surface area (Å²) in [5, 5.41) is 11.6. The molecule has 0 radical (unpaired) electrons. The van der Waals surface area contributed by atoms with Gasteiger partial charge < -0.3 is 25.3 Å². The largest absolute Gasteiger partial charge is 0.416 e. The second-order valence-corrected chi connectivity index (χ2v) is 8.64. The number of carbonyl (C=O) groups excluding carboxylic acids is 2. The predicted molar refractivity (Wildman–Crippen MR) is 136 cm³/mol. The van der Waals surface area contributed by atoms with Crippen LogP contribution >= 0.6 is 0 Å². The van der Waals surface area contributed by atoms with Crippen molar-refractivity contribution in [2.24, 2.45) is 12.8 Å². The first kappa shape index (κ1) is 27.2. The summed E-state index contributed by atoms with van der Waals surface area (Å²) in [5.41, 5.74) is 6.77. The molecule has 200 valence electrons. The molecule has 4 N–H and O–H groups in total. The number of hydrogen-bond acceptors (Lipinski definition) is 5. The summed E-state index contributed by atoms with van der Waals surface area (Å²) < 4.78 is 43.7. The molecule has 2 aromatic heterocycles. The van der Waals surface area contributed by atoms with Crippen molar-refractivity contribution in [1.82, 2.24) is 19.1 Å². The number of primary amides is 1. The van der Waals surface area contributed by atoms with E-state index >= 15 is 0 Å². The third kappa shape index (κ3) is 6.16. The molecule has 2 amide bonds. The number of hydrogen-bond donors (Lipinski definition) is 3. The van der Waals surface area contributed by atoms with Crippen LogP contribution in [0.5, 0.6) is 0 Å². The normalized spacial score (nSPS) is 11.1. The molecule has 4 rings (SSSR count). The Morgan fingerprint density at radius 2 is 1.90 bits per heavy atom. The highest BCUT2D eigenvalue weighted by molar-refractivity contribution is 6.04. The molecule has 2 aromatic carbocycles. The number of halogens is 3. The van der Waals surface area contributed by atoms with Gasteiger partial charge in [0.1, 0.15) is 5.69 Å². The van der Waals surface area contributed by atoms with Crippen LogP contribution in [0.2, 0.25) is 0 Å². The van der Waals surface area contributed by atoms with Crippen molar-refractivity contribution in [3.8, 4) is 17.5 Å². The van der Waals surface area contributed by atoms with Gasteiger partial charge in [-0.05, 0) is 48.7 Å². The van der Waals surface area contributed by atoms with Crippen LogP contribution in [-0.2, 0) is 19.6 Å². The minimum Gasteiger partial charge on any atom is -0.396 e. The number of imidazole rings is 2. The average molecular weight is 537 g/mol. The summed E-state index contributed by atoms with van der Waals surface area (Å²) >= 11 is 0. The number of carbonyl (C=O) groups is 2. The molecule has 0 unspecified atom stereocenters. The fourth-order valence-electron chi connectivity index (χ4n) is 3.73. The summed E-state index contributed by atoms with van der Waals surface area (Å²) in [5.74, 6) is 4.53. The minimum atomic E-state index is -4.66. The van der Waals surface area contributed by atoms with Gasteiger partial charge in [0, 0.05) is 48.8 Å². The van der Waals surface area contributed by atoms with E-state index in [2.05, 4.69) is 27.1 Å². The Balaban J connectivity index is 1.63. The SMILES string of the molecule is Cc1ccc(C(=O)Nc2cc(-n3cnc(CCO)c3)cc(C(F)(F)F)c2)cc1C#Cc1cnc(C(N)=O)n1C. The number of amides is 2. The fourth-order valence-corrected chi connectivity index (χ4v) is 3.73. The van der Waals surface area contributed by atoms with Crippen LogP contribution in [0.4, 0.5) is 18.9 Å². The smallest absolute Gasteiger partial charge is 0.396 e. The van der Waals surface area contributed by atoms with Crippen molar-refractivity contribution in [2.75, 3.05) is 11.9 Å². The molecule has 0 bridgehead atoms. The van der Waals surface area contributed by atoms with Crippen LogP contribution in [-0.4, -0.2) is 42.6 Å². The zero-order chi connectivity index (χ0) is 28.3. The van der Waals surface area contributed by atoms with Crippen LogP contribution in [0.25, 0.3) is 5.69 Å². The number of aliphatic hydroxyl groups is 1. The number of alkyl halides is 3. The molecule has 0 aliphatic heterocycles. The third-order valence-corrected chi connectivity index (χ3v) is 5.84. The number of rotatable bonds is 6. The fraction of sp³-hybridized carbons (Fsp3) is 0.185. The Labute approximate surface area is 221 Å². The summed E-state index contributed by atoms with van der Waals surface area (Å²) in [4.78, 5) is 32.4. The maximum Gasteiger partial charge on any atom is 0.416 e. The number of nitrogens with one attached hydrogen (secondary N) is 1. The van der Waals surface area contributed by atoms with E-state index < -0.39 is 23.6 Å². The molecule has 0 saturated carbocycles. The molecule has 4 aromatic rings. The van der Waals surface area contributed by atoms with Crippen LogP contribution in [0.3, 0.4) is 0 Å². The van der Waals surface area contributed by atoms with Gasteiger partial charge in [0.05, 0.1) is 23.8 Å². The van der Waals surface area contributed by atoms with Crippen LogP contribution < -0.4 is 11.1 Å². The van der Waals surface area contributed by atoms with Gasteiger partial charge in [-0.3, -0.25) is 9.59 Å². The molecule has 0 fully saturated rings. The third-order valence-electron chi connectivity index (χ3n) is 5.84. The van der Waals surface area contributed by atoms with E-state index in [0.717, 1.165) is 17.7 Å². The zero-order valence-electron chi connectivity index (χ0n) is 20.9. The maximum atomic E-state index is 13.6. The number of aromatic nitrogens is 4. The van der Waals surface area contributed by atoms with Crippen LogP contribution in [0.15, 0.2) is 55.1 Å². The van der Waals surface area contributed by atoms with E-state index in [9.17, 15) is 22.8 Å². The van der Waals surface area contributed by atoms with E-state index in [0.29, 0.717) is 17.0 Å². The van der Waals surface area contributed by atoms with Gasteiger partial charge in [-0.1, -0.05) is 12.0 Å². The van der Waals surface area contributed by atoms with Gasteiger partial charge in [-0.25, -0.2) is 9.97 Å². The second-order valence-electron chi connectivity index (χ2n) is 8.64. The summed E-state index contributed by atoms with van der Waals surface area (Å²) in [6.07, 6.45) is -0.155. The lowest BCUT2D eigenvalue weighted by molar-refractivity contribution is -0.137. The Hall–Kier alpha value is -4.89. The molecule has 0 saturated heterocycles. The standard InChI is InChI=1S/C27H23F3N6O3/c1-16-3-4-18(9-17(16)5-6-22-13-32-25(24(31)38)35(22)2)26(39)34-21-10-19(27(28,29)30)11-23(12-21)36-14-20(7-8-37)33-15-36/h3-4,9-15,37H,7-8H2,1-2H3,(H2,31,38)(H,34,39). The van der Waals surface area contributed by atoms with E-state index in [1.165, 1.54) is 46.1 Å². The highest BCUT2D eigenvalue weighted by Crippen LogP contribution is 2.33. The summed E-state index contributed by atoms with van der Waals surface area (Å²) in [7, 11) is 1.59. The van der Waals surface area contributed by atoms with E-state index in [4.69, 9.17) is 10.8 Å². The average Bonchev–Trinajstić information content (AvgIpc) is 3.49. The lowest BCUT2D eigenvalue weighted by atomic mass is 10.0.